The van der Waals surface area contributed by atoms with Crippen LogP contribution in [0.5, 0.6) is 0 Å². The van der Waals surface area contributed by atoms with Crippen LogP contribution in [-0.4, -0.2) is 97.1 Å². The summed E-state index contributed by atoms with van der Waals surface area (Å²) in [5.74, 6) is -0.364. The summed E-state index contributed by atoms with van der Waals surface area (Å²) < 4.78 is 28.1. The van der Waals surface area contributed by atoms with Crippen molar-refractivity contribution in [1.29, 1.82) is 0 Å². The smallest absolute Gasteiger partial charge is 0.245 e. The van der Waals surface area contributed by atoms with Crippen LogP contribution in [0.15, 0.2) is 41.3 Å². The van der Waals surface area contributed by atoms with Crippen LogP contribution in [0.25, 0.3) is 10.8 Å². The maximum atomic E-state index is 13.6. The van der Waals surface area contributed by atoms with E-state index in [9.17, 15) is 18.0 Å². The Bertz CT molecular complexity index is 1280. The van der Waals surface area contributed by atoms with Crippen LogP contribution in [0, 0.1) is 0 Å². The maximum Gasteiger partial charge on any atom is 0.245 e. The van der Waals surface area contributed by atoms with Gasteiger partial charge in [-0.15, -0.1) is 0 Å². The van der Waals surface area contributed by atoms with Gasteiger partial charge in [0.2, 0.25) is 21.8 Å². The topological polar surface area (TPSA) is 81.2 Å². The predicted molar refractivity (Wildman–Crippen MR) is 151 cm³/mol. The maximum absolute atomic E-state index is 13.6. The number of hydrogen-bond donors (Lipinski definition) is 0. The zero-order valence-corrected chi connectivity index (χ0v) is 24.3. The first-order chi connectivity index (χ1) is 18.1. The van der Waals surface area contributed by atoms with Gasteiger partial charge >= 0.3 is 0 Å². The Morgan fingerprint density at radius 1 is 1.05 bits per heavy atom. The Kier molecular flexibility index (Phi) is 9.02. The van der Waals surface area contributed by atoms with Crippen LogP contribution in [0.4, 0.5) is 0 Å². The standard InChI is InChI=1S/C28H39ClN4O4S/c1-5-31(6-2)19-24-9-7-8-15-33(24)27(34)20(3)32-16-14-26(28(32)35)30(4)38(36,37)25-13-11-21-17-23(29)12-10-22(21)18-25/h10-13,17-18,20,24,26H,5-9,14-16,19H2,1-4H3/t20?,24-,26-/m0/s1. The summed E-state index contributed by atoms with van der Waals surface area (Å²) in [5.41, 5.74) is 0. The number of rotatable bonds is 9. The Hall–Kier alpha value is -2.20. The number of carbonyl (C=O) groups is 2. The second-order valence-electron chi connectivity index (χ2n) is 10.4. The molecule has 0 radical (unpaired) electrons. The number of benzene rings is 2. The number of amides is 2. The van der Waals surface area contributed by atoms with Gasteiger partial charge in [-0.2, -0.15) is 4.31 Å². The van der Waals surface area contributed by atoms with Crippen molar-refractivity contribution >= 4 is 44.2 Å². The van der Waals surface area contributed by atoms with E-state index in [1.165, 1.54) is 7.05 Å². The fourth-order valence-electron chi connectivity index (χ4n) is 5.73. The molecule has 2 aromatic rings. The molecule has 2 heterocycles. The van der Waals surface area contributed by atoms with Gasteiger partial charge in [0.25, 0.3) is 0 Å². The fourth-order valence-corrected chi connectivity index (χ4v) is 7.29. The molecule has 1 unspecified atom stereocenters. The minimum atomic E-state index is -3.92. The molecule has 4 rings (SSSR count). The van der Waals surface area contributed by atoms with Crippen molar-refractivity contribution in [1.82, 2.24) is 19.0 Å². The molecule has 0 spiro atoms. The molecule has 0 saturated carbocycles. The first kappa shape index (κ1) is 28.8. The third-order valence-electron chi connectivity index (χ3n) is 8.20. The lowest BCUT2D eigenvalue weighted by atomic mass is 10.00. The highest BCUT2D eigenvalue weighted by Crippen LogP contribution is 2.29. The number of sulfonamides is 1. The van der Waals surface area contributed by atoms with E-state index in [1.807, 2.05) is 4.90 Å². The molecule has 2 aliphatic rings. The minimum absolute atomic E-state index is 0.0467. The Balaban J connectivity index is 1.48. The average molecular weight is 563 g/mol. The van der Waals surface area contributed by atoms with Crippen molar-refractivity contribution in [3.05, 3.63) is 41.4 Å². The van der Waals surface area contributed by atoms with Crippen molar-refractivity contribution in [3.63, 3.8) is 0 Å². The molecule has 10 heteroatoms. The molecular weight excluding hydrogens is 524 g/mol. The van der Waals surface area contributed by atoms with Crippen LogP contribution in [0.1, 0.15) is 46.5 Å². The highest BCUT2D eigenvalue weighted by molar-refractivity contribution is 7.89. The van der Waals surface area contributed by atoms with Crippen molar-refractivity contribution in [2.45, 2.75) is 69.5 Å². The van der Waals surface area contributed by atoms with E-state index in [4.69, 9.17) is 11.6 Å². The summed E-state index contributed by atoms with van der Waals surface area (Å²) in [5, 5.41) is 2.17. The van der Waals surface area contributed by atoms with Gasteiger partial charge in [-0.25, -0.2) is 8.42 Å². The quantitative estimate of drug-likeness (QED) is 0.464. The van der Waals surface area contributed by atoms with Gasteiger partial charge in [-0.3, -0.25) is 9.59 Å². The molecule has 2 aromatic carbocycles. The lowest BCUT2D eigenvalue weighted by Gasteiger charge is -2.41. The van der Waals surface area contributed by atoms with E-state index in [2.05, 4.69) is 18.7 Å². The molecule has 0 N–H and O–H groups in total. The first-order valence-corrected chi connectivity index (χ1v) is 15.4. The highest BCUT2D eigenvalue weighted by atomic mass is 35.5. The van der Waals surface area contributed by atoms with Gasteiger partial charge in [0.05, 0.1) is 4.90 Å². The molecule has 0 aromatic heterocycles. The number of likely N-dealkylation sites (tertiary alicyclic amines) is 2. The molecule has 2 amide bonds. The number of likely N-dealkylation sites (N-methyl/N-ethyl adjacent to an activating group) is 2. The van der Waals surface area contributed by atoms with Gasteiger partial charge in [-0.05, 0) is 80.7 Å². The predicted octanol–water partition coefficient (Wildman–Crippen LogP) is 3.83. The largest absolute Gasteiger partial charge is 0.337 e. The molecule has 0 aliphatic carbocycles. The summed E-state index contributed by atoms with van der Waals surface area (Å²) in [4.78, 5) is 33.1. The van der Waals surface area contributed by atoms with Crippen molar-refractivity contribution in [3.8, 4) is 0 Å². The van der Waals surface area contributed by atoms with Crippen LogP contribution in [0.3, 0.4) is 0 Å². The number of carbonyl (C=O) groups excluding carboxylic acids is 2. The van der Waals surface area contributed by atoms with Crippen molar-refractivity contribution < 1.29 is 18.0 Å². The third kappa shape index (κ3) is 5.71. The number of halogens is 1. The normalized spacial score (nSPS) is 21.6. The fraction of sp³-hybridized carbons (Fsp3) is 0.571. The van der Waals surface area contributed by atoms with Gasteiger partial charge in [0.1, 0.15) is 12.1 Å². The highest BCUT2D eigenvalue weighted by Gasteiger charge is 2.44. The molecule has 38 heavy (non-hydrogen) atoms. The molecule has 2 aliphatic heterocycles. The van der Waals surface area contributed by atoms with Gasteiger partial charge in [0.15, 0.2) is 0 Å². The van der Waals surface area contributed by atoms with E-state index >= 15 is 0 Å². The molecule has 208 valence electrons. The average Bonchev–Trinajstić information content (AvgIpc) is 3.30. The zero-order valence-electron chi connectivity index (χ0n) is 22.8. The molecule has 0 bridgehead atoms. The summed E-state index contributed by atoms with van der Waals surface area (Å²) in [7, 11) is -2.47. The zero-order chi connectivity index (χ0) is 27.6. The Morgan fingerprint density at radius 2 is 1.74 bits per heavy atom. The van der Waals surface area contributed by atoms with E-state index in [-0.39, 0.29) is 22.8 Å². The number of piperidine rings is 1. The molecule has 2 saturated heterocycles. The summed E-state index contributed by atoms with van der Waals surface area (Å²) >= 11 is 6.06. The van der Waals surface area contributed by atoms with Crippen LogP contribution in [0.2, 0.25) is 5.02 Å². The molecule has 8 nitrogen and oxygen atoms in total. The SMILES string of the molecule is CCN(CC)C[C@@H]1CCCCN1C(=O)C(C)N1CC[C@H](N(C)S(=O)(=O)c2ccc3cc(Cl)ccc3c2)C1=O. The van der Waals surface area contributed by atoms with Crippen LogP contribution in [-0.2, 0) is 19.6 Å². The summed E-state index contributed by atoms with van der Waals surface area (Å²) in [6.07, 6.45) is 3.37. The van der Waals surface area contributed by atoms with E-state index in [0.29, 0.717) is 24.5 Å². The second kappa shape index (κ2) is 11.9. The number of nitrogens with zero attached hydrogens (tertiary/aromatic N) is 4. The van der Waals surface area contributed by atoms with Crippen LogP contribution < -0.4 is 0 Å². The minimum Gasteiger partial charge on any atom is -0.337 e. The van der Waals surface area contributed by atoms with E-state index in [0.717, 1.165) is 54.0 Å². The number of fused-ring (bicyclic) bond motifs is 1. The monoisotopic (exact) mass is 562 g/mol. The molecule has 3 atom stereocenters. The summed E-state index contributed by atoms with van der Waals surface area (Å²) in [6, 6.07) is 8.80. The third-order valence-corrected chi connectivity index (χ3v) is 10.3. The second-order valence-corrected chi connectivity index (χ2v) is 12.8. The van der Waals surface area contributed by atoms with Crippen LogP contribution >= 0.6 is 11.6 Å². The first-order valence-electron chi connectivity index (χ1n) is 13.6. The van der Waals surface area contributed by atoms with E-state index < -0.39 is 22.1 Å². The van der Waals surface area contributed by atoms with Crippen molar-refractivity contribution in [2.24, 2.45) is 0 Å². The van der Waals surface area contributed by atoms with E-state index in [1.54, 1.807) is 48.2 Å². The summed E-state index contributed by atoms with van der Waals surface area (Å²) in [6.45, 7) is 9.77. The Labute approximate surface area is 231 Å². The van der Waals surface area contributed by atoms with Gasteiger partial charge in [-0.1, -0.05) is 37.6 Å². The molecule has 2 fully saturated rings. The lowest BCUT2D eigenvalue weighted by Crippen LogP contribution is -2.56. The molecular formula is C28H39ClN4O4S. The van der Waals surface area contributed by atoms with Gasteiger partial charge in [0, 0.05) is 37.7 Å². The van der Waals surface area contributed by atoms with Crippen molar-refractivity contribution in [2.75, 3.05) is 39.8 Å². The van der Waals surface area contributed by atoms with Gasteiger partial charge < -0.3 is 14.7 Å². The number of hydrogen-bond acceptors (Lipinski definition) is 5. The lowest BCUT2D eigenvalue weighted by molar-refractivity contribution is -0.146. The Morgan fingerprint density at radius 3 is 2.45 bits per heavy atom.